The number of methoxy groups -OCH3 is 1. The molecule has 2 saturated heterocycles. The molecule has 1 aromatic carbocycles. The average Bonchev–Trinajstić information content (AvgIpc) is 3.57. The fraction of sp³-hybridized carbons (Fsp3) is 0.556. The highest BCUT2D eigenvalue weighted by atomic mass is 32.2. The highest BCUT2D eigenvalue weighted by molar-refractivity contribution is 7.89. The molecule has 2 aromatic rings. The highest BCUT2D eigenvalue weighted by Gasteiger charge is 2.28. The zero-order chi connectivity index (χ0) is 29.3. The Morgan fingerprint density at radius 3 is 2.25 bits per heavy atom. The second-order valence-corrected chi connectivity index (χ2v) is 11.7. The quantitative estimate of drug-likeness (QED) is 0.281. The van der Waals surface area contributed by atoms with Crippen LogP contribution in [0.2, 0.25) is 0 Å². The van der Waals surface area contributed by atoms with Crippen LogP contribution in [0.15, 0.2) is 29.2 Å². The number of nitrogens with one attached hydrogen (secondary N) is 1. The monoisotopic (exact) mass is 580 g/mol. The van der Waals surface area contributed by atoms with Gasteiger partial charge >= 0.3 is 11.9 Å². The maximum Gasteiger partial charge on any atom is 0.414 e. The Labute approximate surface area is 235 Å². The number of aromatic nitrogens is 1. The SMILES string of the molecule is COCCCNCc1cc(C)n(-c2cc(S(=O)(=O)N3CCOCC3)ccc2N2CCCC2)c1C.O=C(O)C(=O)O. The molecule has 0 unspecified atom stereocenters. The standard InChI is InChI=1S/C25H38N4O4S.C2H2O4/c1-20-17-22(19-26-9-6-14-32-3)21(2)29(20)25-18-23(7-8-24(25)27-10-4-5-11-27)34(30,31)28-12-15-33-16-13-28;3-1(4)2(5)6/h7-8,17-18,26H,4-6,9-16,19H2,1-3H3;(H,3,4)(H,5,6). The summed E-state index contributed by atoms with van der Waals surface area (Å²) < 4.78 is 41.1. The van der Waals surface area contributed by atoms with Gasteiger partial charge in [-0.3, -0.25) is 0 Å². The smallest absolute Gasteiger partial charge is 0.414 e. The molecule has 0 atom stereocenters. The molecule has 13 heteroatoms. The molecule has 0 radical (unpaired) electrons. The Kier molecular flexibility index (Phi) is 11.5. The van der Waals surface area contributed by atoms with E-state index in [-0.39, 0.29) is 0 Å². The van der Waals surface area contributed by atoms with Crippen LogP contribution >= 0.6 is 0 Å². The van der Waals surface area contributed by atoms with E-state index in [4.69, 9.17) is 29.3 Å². The number of hydrogen-bond acceptors (Lipinski definition) is 8. The van der Waals surface area contributed by atoms with Crippen molar-refractivity contribution < 1.29 is 37.7 Å². The Morgan fingerprint density at radius 1 is 1.00 bits per heavy atom. The fourth-order valence-corrected chi connectivity index (χ4v) is 6.38. The van der Waals surface area contributed by atoms with Gasteiger partial charge in [0.25, 0.3) is 0 Å². The lowest BCUT2D eigenvalue weighted by Gasteiger charge is -2.28. The van der Waals surface area contributed by atoms with Crippen LogP contribution in [-0.4, -0.2) is 99.1 Å². The van der Waals surface area contributed by atoms with Crippen LogP contribution in [0.1, 0.15) is 36.2 Å². The Balaban J connectivity index is 0.000000663. The van der Waals surface area contributed by atoms with E-state index in [0.717, 1.165) is 74.8 Å². The zero-order valence-corrected chi connectivity index (χ0v) is 24.2. The molecule has 3 heterocycles. The van der Waals surface area contributed by atoms with Crippen LogP contribution in [0.4, 0.5) is 5.69 Å². The molecular weight excluding hydrogens is 540 g/mol. The van der Waals surface area contributed by atoms with E-state index in [1.54, 1.807) is 13.2 Å². The van der Waals surface area contributed by atoms with Gasteiger partial charge in [-0.2, -0.15) is 4.31 Å². The van der Waals surface area contributed by atoms with Crippen molar-refractivity contribution in [2.24, 2.45) is 0 Å². The van der Waals surface area contributed by atoms with Crippen LogP contribution in [0, 0.1) is 13.8 Å². The first-order valence-electron chi connectivity index (χ1n) is 13.4. The second kappa shape index (κ2) is 14.6. The van der Waals surface area contributed by atoms with E-state index in [1.165, 1.54) is 9.87 Å². The third-order valence-corrected chi connectivity index (χ3v) is 8.87. The minimum atomic E-state index is -3.58. The number of aliphatic carboxylic acids is 2. The molecule has 0 spiro atoms. The summed E-state index contributed by atoms with van der Waals surface area (Å²) >= 11 is 0. The van der Waals surface area contributed by atoms with Gasteiger partial charge < -0.3 is 34.5 Å². The van der Waals surface area contributed by atoms with E-state index in [9.17, 15) is 8.42 Å². The number of aryl methyl sites for hydroxylation is 1. The number of anilines is 1. The summed E-state index contributed by atoms with van der Waals surface area (Å²) in [5.74, 6) is -3.65. The molecule has 3 N–H and O–H groups in total. The molecule has 2 fully saturated rings. The number of hydrogen-bond donors (Lipinski definition) is 3. The van der Waals surface area contributed by atoms with Gasteiger partial charge in [0, 0.05) is 57.8 Å². The maximum atomic E-state index is 13.4. The van der Waals surface area contributed by atoms with Crippen molar-refractivity contribution >= 4 is 27.6 Å². The molecule has 0 amide bonds. The van der Waals surface area contributed by atoms with E-state index in [0.29, 0.717) is 31.2 Å². The highest BCUT2D eigenvalue weighted by Crippen LogP contribution is 2.34. The molecule has 4 rings (SSSR count). The summed E-state index contributed by atoms with van der Waals surface area (Å²) in [4.78, 5) is 20.9. The third kappa shape index (κ3) is 7.82. The predicted octanol–water partition coefficient (Wildman–Crippen LogP) is 2.00. The lowest BCUT2D eigenvalue weighted by atomic mass is 10.2. The van der Waals surface area contributed by atoms with Gasteiger partial charge in [-0.15, -0.1) is 0 Å². The number of morpholine rings is 1. The van der Waals surface area contributed by atoms with Crippen molar-refractivity contribution in [2.75, 3.05) is 64.6 Å². The first-order valence-corrected chi connectivity index (χ1v) is 14.8. The van der Waals surface area contributed by atoms with Gasteiger partial charge in [0.05, 0.1) is 29.5 Å². The van der Waals surface area contributed by atoms with Crippen molar-refractivity contribution in [2.45, 2.75) is 44.6 Å². The molecule has 12 nitrogen and oxygen atoms in total. The summed E-state index contributed by atoms with van der Waals surface area (Å²) in [5.41, 5.74) is 5.51. The van der Waals surface area contributed by atoms with Gasteiger partial charge in [-0.25, -0.2) is 18.0 Å². The molecule has 1 aromatic heterocycles. The van der Waals surface area contributed by atoms with Gasteiger partial charge in [-0.1, -0.05) is 0 Å². The van der Waals surface area contributed by atoms with Crippen LogP contribution in [0.3, 0.4) is 0 Å². The van der Waals surface area contributed by atoms with Crippen molar-refractivity contribution in [1.29, 1.82) is 0 Å². The van der Waals surface area contributed by atoms with E-state index in [2.05, 4.69) is 34.7 Å². The maximum absolute atomic E-state index is 13.4. The topological polar surface area (TPSA) is 151 Å². The summed E-state index contributed by atoms with van der Waals surface area (Å²) in [6, 6.07) is 7.84. The fourth-order valence-electron chi connectivity index (χ4n) is 4.95. The van der Waals surface area contributed by atoms with Crippen molar-refractivity contribution in [3.8, 4) is 5.69 Å². The molecule has 2 aliphatic rings. The normalized spacial score (nSPS) is 16.0. The van der Waals surface area contributed by atoms with Crippen LogP contribution in [0.25, 0.3) is 5.69 Å². The first kappa shape index (κ1) is 31.6. The number of carboxylic acid groups (broad SMARTS) is 2. The summed E-state index contributed by atoms with van der Waals surface area (Å²) in [6.45, 7) is 10.3. The molecule has 0 bridgehead atoms. The van der Waals surface area contributed by atoms with Crippen LogP contribution in [0.5, 0.6) is 0 Å². The molecule has 0 aliphatic carbocycles. The Bertz CT molecular complexity index is 1250. The summed E-state index contributed by atoms with van der Waals surface area (Å²) in [6.07, 6.45) is 3.29. The van der Waals surface area contributed by atoms with E-state index >= 15 is 0 Å². The third-order valence-electron chi connectivity index (χ3n) is 6.98. The molecule has 40 heavy (non-hydrogen) atoms. The largest absolute Gasteiger partial charge is 0.473 e. The number of ether oxygens (including phenoxy) is 2. The van der Waals surface area contributed by atoms with Crippen LogP contribution < -0.4 is 10.2 Å². The zero-order valence-electron chi connectivity index (χ0n) is 23.4. The van der Waals surface area contributed by atoms with Crippen molar-refractivity contribution in [3.05, 3.63) is 41.2 Å². The minimum Gasteiger partial charge on any atom is -0.473 e. The molecule has 0 saturated carbocycles. The predicted molar refractivity (Wildman–Crippen MR) is 150 cm³/mol. The molecular formula is C27H40N4O8S. The lowest BCUT2D eigenvalue weighted by Crippen LogP contribution is -2.40. The van der Waals surface area contributed by atoms with Gasteiger partial charge in [0.1, 0.15) is 0 Å². The lowest BCUT2D eigenvalue weighted by molar-refractivity contribution is -0.159. The van der Waals surface area contributed by atoms with Gasteiger partial charge in [-0.05, 0) is 69.5 Å². The minimum absolute atomic E-state index is 0.346. The number of benzene rings is 1. The van der Waals surface area contributed by atoms with Gasteiger partial charge in [0.2, 0.25) is 10.0 Å². The number of nitrogens with zero attached hydrogens (tertiary/aromatic N) is 3. The number of carboxylic acids is 2. The average molecular weight is 581 g/mol. The number of sulfonamides is 1. The Morgan fingerprint density at radius 2 is 1.65 bits per heavy atom. The molecule has 222 valence electrons. The number of rotatable bonds is 10. The van der Waals surface area contributed by atoms with E-state index in [1.807, 2.05) is 12.1 Å². The Hall–Kier alpha value is -2.97. The molecule has 2 aliphatic heterocycles. The van der Waals surface area contributed by atoms with Crippen molar-refractivity contribution in [3.63, 3.8) is 0 Å². The second-order valence-electron chi connectivity index (χ2n) is 9.73. The summed E-state index contributed by atoms with van der Waals surface area (Å²) in [7, 11) is -1.86. The number of carbonyl (C=O) groups is 2. The van der Waals surface area contributed by atoms with Crippen LogP contribution in [-0.2, 0) is 35.6 Å². The first-order chi connectivity index (χ1) is 19.1. The van der Waals surface area contributed by atoms with Gasteiger partial charge in [0.15, 0.2) is 0 Å². The summed E-state index contributed by atoms with van der Waals surface area (Å²) in [5, 5.41) is 18.3. The van der Waals surface area contributed by atoms with Crippen molar-refractivity contribution in [1.82, 2.24) is 14.2 Å². The van der Waals surface area contributed by atoms with E-state index < -0.39 is 22.0 Å².